The normalized spacial score (nSPS) is 9.73. The highest BCUT2D eigenvalue weighted by Gasteiger charge is 1.86. The first-order chi connectivity index (χ1) is 5.31. The lowest BCUT2D eigenvalue weighted by molar-refractivity contribution is 0.562. The topological polar surface area (TPSA) is 58.9 Å². The summed E-state index contributed by atoms with van der Waals surface area (Å²) in [5.74, 6) is 0. The SMILES string of the molecule is C/C(=C\N=C=O)CCN=C=O. The van der Waals surface area contributed by atoms with E-state index in [2.05, 4.69) is 9.98 Å². The molecular formula is C7H8N2O2. The fourth-order valence-electron chi connectivity index (χ4n) is 0.479. The summed E-state index contributed by atoms with van der Waals surface area (Å²) in [4.78, 5) is 25.8. The van der Waals surface area contributed by atoms with Crippen molar-refractivity contribution in [2.75, 3.05) is 6.54 Å². The van der Waals surface area contributed by atoms with Crippen molar-refractivity contribution in [2.45, 2.75) is 13.3 Å². The standard InChI is InChI=1S/C7H8N2O2/c1-7(4-9-6-11)2-3-8-5-10/h4H,2-3H2,1H3/b7-4+. The van der Waals surface area contributed by atoms with E-state index in [1.165, 1.54) is 18.4 Å². The van der Waals surface area contributed by atoms with E-state index in [0.717, 1.165) is 5.57 Å². The van der Waals surface area contributed by atoms with Gasteiger partial charge in [0, 0.05) is 6.20 Å². The van der Waals surface area contributed by atoms with Crippen molar-refractivity contribution in [3.8, 4) is 0 Å². The number of hydrogen-bond donors (Lipinski definition) is 0. The van der Waals surface area contributed by atoms with Crippen LogP contribution >= 0.6 is 0 Å². The van der Waals surface area contributed by atoms with E-state index in [0.29, 0.717) is 13.0 Å². The molecule has 0 spiro atoms. The predicted octanol–water partition coefficient (Wildman–Crippen LogP) is 0.952. The first-order valence-corrected chi connectivity index (χ1v) is 3.07. The van der Waals surface area contributed by atoms with E-state index in [1.54, 1.807) is 6.92 Å². The minimum atomic E-state index is 0.389. The van der Waals surface area contributed by atoms with Crippen LogP contribution < -0.4 is 0 Å². The molecule has 0 saturated carbocycles. The summed E-state index contributed by atoms with van der Waals surface area (Å²) >= 11 is 0. The van der Waals surface area contributed by atoms with Crippen LogP contribution in [0.15, 0.2) is 21.8 Å². The second kappa shape index (κ2) is 6.62. The number of isocyanates is 2. The van der Waals surface area contributed by atoms with Crippen molar-refractivity contribution >= 4 is 12.2 Å². The Morgan fingerprint density at radius 1 is 1.45 bits per heavy atom. The van der Waals surface area contributed by atoms with Crippen LogP contribution in [0, 0.1) is 0 Å². The number of aliphatic imine (C=N–C) groups is 2. The van der Waals surface area contributed by atoms with Crippen LogP contribution in [0.3, 0.4) is 0 Å². The first-order valence-electron chi connectivity index (χ1n) is 3.07. The third-order valence-corrected chi connectivity index (χ3v) is 1.02. The Kier molecular flexibility index (Phi) is 5.72. The molecule has 0 fully saturated rings. The molecule has 0 aromatic rings. The monoisotopic (exact) mass is 152 g/mol. The summed E-state index contributed by atoms with van der Waals surface area (Å²) in [6, 6.07) is 0. The highest BCUT2D eigenvalue weighted by atomic mass is 16.1. The van der Waals surface area contributed by atoms with Crippen LogP contribution in [0.4, 0.5) is 0 Å². The molecule has 0 aliphatic carbocycles. The Labute approximate surface area is 64.4 Å². The largest absolute Gasteiger partial charge is 0.239 e. The van der Waals surface area contributed by atoms with Gasteiger partial charge in [-0.25, -0.2) is 14.6 Å². The van der Waals surface area contributed by atoms with E-state index in [-0.39, 0.29) is 0 Å². The molecule has 0 rings (SSSR count). The maximum atomic E-state index is 9.62. The Bertz CT molecular complexity index is 233. The number of carbonyl (C=O) groups excluding carboxylic acids is 2. The molecule has 0 radical (unpaired) electrons. The van der Waals surface area contributed by atoms with Crippen LogP contribution in [0.25, 0.3) is 0 Å². The predicted molar refractivity (Wildman–Crippen MR) is 39.5 cm³/mol. The molecule has 0 aromatic heterocycles. The summed E-state index contributed by atoms with van der Waals surface area (Å²) in [7, 11) is 0. The fraction of sp³-hybridized carbons (Fsp3) is 0.429. The minimum Gasteiger partial charge on any atom is -0.211 e. The molecule has 4 nitrogen and oxygen atoms in total. The number of rotatable bonds is 4. The van der Waals surface area contributed by atoms with Crippen LogP contribution in [0.1, 0.15) is 13.3 Å². The van der Waals surface area contributed by atoms with Gasteiger partial charge in [-0.15, -0.1) is 0 Å². The van der Waals surface area contributed by atoms with E-state index in [9.17, 15) is 9.59 Å². The molecule has 0 bridgehead atoms. The van der Waals surface area contributed by atoms with Crippen molar-refractivity contribution in [1.82, 2.24) is 0 Å². The molecule has 11 heavy (non-hydrogen) atoms. The summed E-state index contributed by atoms with van der Waals surface area (Å²) in [5, 5.41) is 0. The van der Waals surface area contributed by atoms with Gasteiger partial charge >= 0.3 is 0 Å². The third-order valence-electron chi connectivity index (χ3n) is 1.02. The zero-order chi connectivity index (χ0) is 8.53. The van der Waals surface area contributed by atoms with Crippen LogP contribution in [-0.2, 0) is 9.59 Å². The van der Waals surface area contributed by atoms with Gasteiger partial charge in [-0.1, -0.05) is 5.57 Å². The summed E-state index contributed by atoms with van der Waals surface area (Å²) in [6.45, 7) is 2.18. The Morgan fingerprint density at radius 2 is 2.18 bits per heavy atom. The second-order valence-electron chi connectivity index (χ2n) is 1.92. The minimum absolute atomic E-state index is 0.389. The lowest BCUT2D eigenvalue weighted by atomic mass is 10.2. The molecule has 0 amide bonds. The highest BCUT2D eigenvalue weighted by Crippen LogP contribution is 1.98. The molecule has 58 valence electrons. The zero-order valence-corrected chi connectivity index (χ0v) is 6.20. The summed E-state index contributed by atoms with van der Waals surface area (Å²) in [6.07, 6.45) is 4.81. The highest BCUT2D eigenvalue weighted by molar-refractivity contribution is 5.35. The van der Waals surface area contributed by atoms with E-state index in [4.69, 9.17) is 0 Å². The van der Waals surface area contributed by atoms with Crippen molar-refractivity contribution < 1.29 is 9.59 Å². The molecule has 0 atom stereocenters. The molecule has 0 aliphatic heterocycles. The quantitative estimate of drug-likeness (QED) is 0.444. The van der Waals surface area contributed by atoms with Gasteiger partial charge < -0.3 is 0 Å². The second-order valence-corrected chi connectivity index (χ2v) is 1.92. The molecule has 0 heterocycles. The smallest absolute Gasteiger partial charge is 0.211 e. The maximum absolute atomic E-state index is 9.62. The van der Waals surface area contributed by atoms with Gasteiger partial charge in [0.25, 0.3) is 0 Å². The lowest BCUT2D eigenvalue weighted by Crippen LogP contribution is -1.81. The van der Waals surface area contributed by atoms with Gasteiger partial charge in [-0.2, -0.15) is 4.99 Å². The van der Waals surface area contributed by atoms with Gasteiger partial charge in [0.15, 0.2) is 0 Å². The molecule has 0 saturated heterocycles. The molecule has 0 aliphatic rings. The fourth-order valence-corrected chi connectivity index (χ4v) is 0.479. The zero-order valence-electron chi connectivity index (χ0n) is 6.20. The van der Waals surface area contributed by atoms with E-state index in [1.807, 2.05) is 0 Å². The van der Waals surface area contributed by atoms with Crippen molar-refractivity contribution in [2.24, 2.45) is 9.98 Å². The van der Waals surface area contributed by atoms with Gasteiger partial charge in [-0.05, 0) is 13.3 Å². The van der Waals surface area contributed by atoms with E-state index < -0.39 is 0 Å². The number of hydrogen-bond acceptors (Lipinski definition) is 4. The third kappa shape index (κ3) is 6.38. The average molecular weight is 152 g/mol. The summed E-state index contributed by atoms with van der Waals surface area (Å²) in [5.41, 5.74) is 0.882. The summed E-state index contributed by atoms with van der Waals surface area (Å²) < 4.78 is 0. The van der Waals surface area contributed by atoms with Crippen LogP contribution in [-0.4, -0.2) is 18.7 Å². The average Bonchev–Trinajstić information content (AvgIpc) is 2.01. The van der Waals surface area contributed by atoms with Crippen molar-refractivity contribution in [3.05, 3.63) is 11.8 Å². The molecule has 0 N–H and O–H groups in total. The van der Waals surface area contributed by atoms with Crippen molar-refractivity contribution in [3.63, 3.8) is 0 Å². The maximum Gasteiger partial charge on any atom is 0.239 e. The molecular weight excluding hydrogens is 144 g/mol. The molecule has 0 unspecified atom stereocenters. The van der Waals surface area contributed by atoms with Gasteiger partial charge in [0.1, 0.15) is 0 Å². The van der Waals surface area contributed by atoms with Gasteiger partial charge in [-0.3, -0.25) is 0 Å². The van der Waals surface area contributed by atoms with Crippen molar-refractivity contribution in [1.29, 1.82) is 0 Å². The Morgan fingerprint density at radius 3 is 2.73 bits per heavy atom. The molecule has 0 aromatic carbocycles. The van der Waals surface area contributed by atoms with Gasteiger partial charge in [0.2, 0.25) is 12.2 Å². The molecule has 4 heteroatoms. The Balaban J connectivity index is 3.76. The van der Waals surface area contributed by atoms with Crippen LogP contribution in [0.5, 0.6) is 0 Å². The van der Waals surface area contributed by atoms with Gasteiger partial charge in [0.05, 0.1) is 6.54 Å². The van der Waals surface area contributed by atoms with E-state index >= 15 is 0 Å². The number of nitrogens with zero attached hydrogens (tertiary/aromatic N) is 2. The first kappa shape index (κ1) is 9.50. The van der Waals surface area contributed by atoms with Crippen LogP contribution in [0.2, 0.25) is 0 Å². The Hall–Kier alpha value is -1.50. The lowest BCUT2D eigenvalue weighted by Gasteiger charge is -1.90.